The normalized spacial score (nSPS) is 20.4. The highest BCUT2D eigenvalue weighted by molar-refractivity contribution is 5.85. The monoisotopic (exact) mass is 337 g/mol. The molecule has 1 heterocycles. The molecule has 0 radical (unpaired) electrons. The summed E-state index contributed by atoms with van der Waals surface area (Å²) in [6, 6.07) is 18.9. The van der Waals surface area contributed by atoms with Crippen LogP contribution < -0.4 is 4.74 Å². The molecule has 1 aliphatic heterocycles. The Morgan fingerprint density at radius 1 is 1.04 bits per heavy atom. The van der Waals surface area contributed by atoms with Crippen molar-refractivity contribution in [2.75, 3.05) is 13.7 Å². The summed E-state index contributed by atoms with van der Waals surface area (Å²) in [7, 11) is 1.68. The van der Waals surface area contributed by atoms with E-state index in [1.165, 1.54) is 11.1 Å². The van der Waals surface area contributed by atoms with Crippen LogP contribution in [0.4, 0.5) is 0 Å². The zero-order chi connectivity index (χ0) is 17.9. The fourth-order valence-electron chi connectivity index (χ4n) is 3.74. The van der Waals surface area contributed by atoms with Crippen LogP contribution in [-0.4, -0.2) is 30.4 Å². The SMILES string of the molecule is COc1ccc(CC2N(Cc3ccccc3)CCC(=O)C2(C)C)cc1. The largest absolute Gasteiger partial charge is 0.497 e. The summed E-state index contributed by atoms with van der Waals surface area (Å²) < 4.78 is 5.25. The minimum absolute atomic E-state index is 0.197. The molecule has 25 heavy (non-hydrogen) atoms. The molecular weight excluding hydrogens is 310 g/mol. The molecule has 2 aromatic rings. The Kier molecular flexibility index (Phi) is 5.24. The van der Waals surface area contributed by atoms with E-state index in [-0.39, 0.29) is 11.5 Å². The van der Waals surface area contributed by atoms with E-state index in [0.717, 1.165) is 25.3 Å². The van der Waals surface area contributed by atoms with Gasteiger partial charge in [0.1, 0.15) is 11.5 Å². The number of benzene rings is 2. The summed E-state index contributed by atoms with van der Waals surface area (Å²) in [5.74, 6) is 1.24. The quantitative estimate of drug-likeness (QED) is 0.822. The third-order valence-corrected chi connectivity index (χ3v) is 5.44. The Labute approximate surface area is 150 Å². The predicted octanol–water partition coefficient (Wildman–Crippen LogP) is 4.11. The van der Waals surface area contributed by atoms with Gasteiger partial charge in [-0.15, -0.1) is 0 Å². The van der Waals surface area contributed by atoms with Crippen LogP contribution in [0.25, 0.3) is 0 Å². The van der Waals surface area contributed by atoms with Crippen molar-refractivity contribution < 1.29 is 9.53 Å². The second kappa shape index (κ2) is 7.40. The molecule has 1 fully saturated rings. The highest BCUT2D eigenvalue weighted by Crippen LogP contribution is 2.35. The Morgan fingerprint density at radius 2 is 1.72 bits per heavy atom. The number of carbonyl (C=O) groups excluding carboxylic acids is 1. The molecule has 0 amide bonds. The predicted molar refractivity (Wildman–Crippen MR) is 101 cm³/mol. The molecule has 0 aromatic heterocycles. The highest BCUT2D eigenvalue weighted by atomic mass is 16.5. The van der Waals surface area contributed by atoms with Gasteiger partial charge in [0.25, 0.3) is 0 Å². The van der Waals surface area contributed by atoms with Crippen molar-refractivity contribution >= 4 is 5.78 Å². The van der Waals surface area contributed by atoms with Gasteiger partial charge in [-0.25, -0.2) is 0 Å². The third kappa shape index (κ3) is 3.93. The van der Waals surface area contributed by atoms with Gasteiger partial charge < -0.3 is 4.74 Å². The molecule has 0 bridgehead atoms. The van der Waals surface area contributed by atoms with E-state index in [1.807, 2.05) is 18.2 Å². The number of rotatable bonds is 5. The van der Waals surface area contributed by atoms with Crippen molar-refractivity contribution in [2.24, 2.45) is 5.41 Å². The molecule has 0 spiro atoms. The smallest absolute Gasteiger partial charge is 0.141 e. The number of hydrogen-bond donors (Lipinski definition) is 0. The van der Waals surface area contributed by atoms with Crippen LogP contribution in [0, 0.1) is 5.41 Å². The Morgan fingerprint density at radius 3 is 2.36 bits per heavy atom. The summed E-state index contributed by atoms with van der Waals surface area (Å²) in [6.45, 7) is 5.91. The van der Waals surface area contributed by atoms with E-state index in [1.54, 1.807) is 7.11 Å². The third-order valence-electron chi connectivity index (χ3n) is 5.44. The molecule has 3 rings (SSSR count). The van der Waals surface area contributed by atoms with Crippen molar-refractivity contribution in [3.63, 3.8) is 0 Å². The molecule has 2 aromatic carbocycles. The Bertz CT molecular complexity index is 707. The highest BCUT2D eigenvalue weighted by Gasteiger charge is 2.43. The minimum atomic E-state index is -0.340. The lowest BCUT2D eigenvalue weighted by molar-refractivity contribution is -0.136. The van der Waals surface area contributed by atoms with Crippen LogP contribution in [0.1, 0.15) is 31.4 Å². The first-order valence-corrected chi connectivity index (χ1v) is 8.95. The maximum absolute atomic E-state index is 12.6. The molecule has 3 heteroatoms. The van der Waals surface area contributed by atoms with Gasteiger partial charge >= 0.3 is 0 Å². The van der Waals surface area contributed by atoms with Gasteiger partial charge in [-0.1, -0.05) is 56.3 Å². The van der Waals surface area contributed by atoms with Gasteiger partial charge in [-0.05, 0) is 29.7 Å². The molecule has 3 nitrogen and oxygen atoms in total. The van der Waals surface area contributed by atoms with Gasteiger partial charge in [0.15, 0.2) is 0 Å². The topological polar surface area (TPSA) is 29.5 Å². The number of carbonyl (C=O) groups is 1. The van der Waals surface area contributed by atoms with Crippen molar-refractivity contribution in [3.05, 3.63) is 65.7 Å². The first-order valence-electron chi connectivity index (χ1n) is 8.95. The first-order chi connectivity index (χ1) is 12.0. The molecule has 0 N–H and O–H groups in total. The molecule has 1 atom stereocenters. The molecule has 0 saturated carbocycles. The van der Waals surface area contributed by atoms with E-state index in [9.17, 15) is 4.79 Å². The number of hydrogen-bond acceptors (Lipinski definition) is 3. The van der Waals surface area contributed by atoms with Gasteiger partial charge in [0, 0.05) is 31.0 Å². The van der Waals surface area contributed by atoms with E-state index in [0.29, 0.717) is 12.2 Å². The second-order valence-electron chi connectivity index (χ2n) is 7.42. The average Bonchev–Trinajstić information content (AvgIpc) is 2.63. The van der Waals surface area contributed by atoms with Crippen LogP contribution in [0.5, 0.6) is 5.75 Å². The van der Waals surface area contributed by atoms with Crippen molar-refractivity contribution in [3.8, 4) is 5.75 Å². The molecule has 1 unspecified atom stereocenters. The summed E-state index contributed by atoms with van der Waals surface area (Å²) in [5, 5.41) is 0. The Balaban J connectivity index is 1.83. The van der Waals surface area contributed by atoms with Crippen molar-refractivity contribution in [2.45, 2.75) is 39.3 Å². The van der Waals surface area contributed by atoms with Crippen molar-refractivity contribution in [1.29, 1.82) is 0 Å². The number of Topliss-reactive ketones (excluding diaryl/α,β-unsaturated/α-hetero) is 1. The number of likely N-dealkylation sites (tertiary alicyclic amines) is 1. The molecule has 1 aliphatic rings. The molecule has 0 aliphatic carbocycles. The maximum Gasteiger partial charge on any atom is 0.141 e. The number of ketones is 1. The van der Waals surface area contributed by atoms with Gasteiger partial charge in [0.05, 0.1) is 7.11 Å². The lowest BCUT2D eigenvalue weighted by atomic mass is 9.73. The number of methoxy groups -OCH3 is 1. The fraction of sp³-hybridized carbons (Fsp3) is 0.409. The van der Waals surface area contributed by atoms with Crippen molar-refractivity contribution in [1.82, 2.24) is 4.90 Å². The fourth-order valence-corrected chi connectivity index (χ4v) is 3.74. The van der Waals surface area contributed by atoms with Crippen LogP contribution in [0.15, 0.2) is 54.6 Å². The zero-order valence-electron chi connectivity index (χ0n) is 15.4. The van der Waals surface area contributed by atoms with E-state index >= 15 is 0 Å². The van der Waals surface area contributed by atoms with Crippen LogP contribution in [-0.2, 0) is 17.8 Å². The summed E-state index contributed by atoms with van der Waals surface area (Å²) in [4.78, 5) is 15.0. The number of ether oxygens (including phenoxy) is 1. The van der Waals surface area contributed by atoms with Gasteiger partial charge in [-0.3, -0.25) is 9.69 Å². The summed E-state index contributed by atoms with van der Waals surface area (Å²) in [5.41, 5.74) is 2.20. The van der Waals surface area contributed by atoms with Gasteiger partial charge in [-0.2, -0.15) is 0 Å². The lowest BCUT2D eigenvalue weighted by Crippen LogP contribution is -2.55. The number of piperidine rings is 1. The second-order valence-corrected chi connectivity index (χ2v) is 7.42. The van der Waals surface area contributed by atoms with Crippen LogP contribution in [0.3, 0.4) is 0 Å². The minimum Gasteiger partial charge on any atom is -0.497 e. The summed E-state index contributed by atoms with van der Waals surface area (Å²) in [6.07, 6.45) is 1.51. The first kappa shape index (κ1) is 17.7. The van der Waals surface area contributed by atoms with E-state index < -0.39 is 0 Å². The standard InChI is InChI=1S/C22H27NO2/c1-22(2)20(15-17-9-11-19(25-3)12-10-17)23(14-13-21(22)24)16-18-7-5-4-6-8-18/h4-12,20H,13-16H2,1-3H3. The lowest BCUT2D eigenvalue weighted by Gasteiger charge is -2.45. The number of nitrogens with zero attached hydrogens (tertiary/aromatic N) is 1. The average molecular weight is 337 g/mol. The Hall–Kier alpha value is -2.13. The maximum atomic E-state index is 12.6. The zero-order valence-corrected chi connectivity index (χ0v) is 15.4. The summed E-state index contributed by atoms with van der Waals surface area (Å²) >= 11 is 0. The van der Waals surface area contributed by atoms with E-state index in [4.69, 9.17) is 4.74 Å². The van der Waals surface area contributed by atoms with Gasteiger partial charge in [0.2, 0.25) is 0 Å². The molecule has 1 saturated heterocycles. The molecular formula is C22H27NO2. The molecule has 132 valence electrons. The van der Waals surface area contributed by atoms with Crippen LogP contribution >= 0.6 is 0 Å². The van der Waals surface area contributed by atoms with Crippen LogP contribution in [0.2, 0.25) is 0 Å². The van der Waals surface area contributed by atoms with E-state index in [2.05, 4.69) is 55.1 Å².